The standard InChI is InChI=1S/C26H24P2.C4H6ClO2.ClH.Pt/c1-5-13-23(14-6-1)27(24-15-7-2-8-16-24)21-22-28(25-17-9-3-10-18-25)26-19-11-4-12-20-26;1-2-7-4(6)3-5;;/h1-20H,21-22H2;3H,2H2,1H3;1H;/q;-1;;+2/p-1. The molecule has 0 aliphatic carbocycles. The van der Waals surface area contributed by atoms with Gasteiger partial charge in [-0.25, -0.2) is 5.88 Å². The molecule has 0 fully saturated rings. The van der Waals surface area contributed by atoms with E-state index in [2.05, 4.69) is 135 Å². The summed E-state index contributed by atoms with van der Waals surface area (Å²) in [5, 5.41) is 5.89. The maximum Gasteiger partial charge on any atom is -0.0195 e. The summed E-state index contributed by atoms with van der Waals surface area (Å²) in [4.78, 5) is 10.0. The van der Waals surface area contributed by atoms with Crippen molar-refractivity contribution in [1.29, 1.82) is 0 Å². The molecule has 4 rings (SSSR count). The van der Waals surface area contributed by atoms with Crippen LogP contribution in [0.15, 0.2) is 121 Å². The number of benzene rings is 4. The van der Waals surface area contributed by atoms with Gasteiger partial charge in [0.25, 0.3) is 0 Å². The van der Waals surface area contributed by atoms with Crippen LogP contribution in [0.2, 0.25) is 0 Å². The third-order valence-corrected chi connectivity index (χ3v) is 10.8. The largest absolute Gasteiger partial charge is 0.0622 e. The van der Waals surface area contributed by atoms with Crippen molar-refractivity contribution in [1.82, 2.24) is 0 Å². The molecule has 37 heavy (non-hydrogen) atoms. The maximum atomic E-state index is 10.0. The van der Waals surface area contributed by atoms with Gasteiger partial charge in [-0.15, -0.1) is 0 Å². The first-order valence-electron chi connectivity index (χ1n) is 11.7. The number of rotatable bonds is 9. The molecule has 0 spiro atoms. The first-order valence-corrected chi connectivity index (χ1v) is 18.0. The molecule has 0 aliphatic heterocycles. The maximum absolute atomic E-state index is 10.0. The minimum Gasteiger partial charge on any atom is -0.0622 e. The molecule has 0 saturated carbocycles. The Morgan fingerprint density at radius 2 is 0.919 bits per heavy atom. The summed E-state index contributed by atoms with van der Waals surface area (Å²) in [5.41, 5.74) is 0. The zero-order valence-corrected chi connectivity index (χ0v) is 26.1. The van der Waals surface area contributed by atoms with E-state index in [-0.39, 0.29) is 15.8 Å². The van der Waals surface area contributed by atoms with E-state index in [9.17, 15) is 4.79 Å². The second kappa shape index (κ2) is 19.4. The van der Waals surface area contributed by atoms with Crippen molar-refractivity contribution >= 4 is 64.0 Å². The third kappa shape index (κ3) is 11.3. The van der Waals surface area contributed by atoms with Crippen molar-refractivity contribution in [3.63, 3.8) is 0 Å². The Bertz CT molecular complexity index is 959. The summed E-state index contributed by atoms with van der Waals surface area (Å²) in [7, 11) is 3.92. The topological polar surface area (TPSA) is 26.3 Å². The number of hydrogen-bond acceptors (Lipinski definition) is 2. The second-order valence-electron chi connectivity index (χ2n) is 7.51. The van der Waals surface area contributed by atoms with Crippen LogP contribution in [-0.2, 0) is 28.3 Å². The van der Waals surface area contributed by atoms with Crippen LogP contribution in [0.5, 0.6) is 0 Å². The van der Waals surface area contributed by atoms with Gasteiger partial charge in [0.05, 0.1) is 6.61 Å². The molecule has 0 aromatic heterocycles. The van der Waals surface area contributed by atoms with Crippen molar-refractivity contribution in [2.24, 2.45) is 0 Å². The van der Waals surface area contributed by atoms with Crippen molar-refractivity contribution in [3.8, 4) is 0 Å². The molecule has 0 atom stereocenters. The van der Waals surface area contributed by atoms with E-state index in [4.69, 9.17) is 11.6 Å². The summed E-state index contributed by atoms with van der Waals surface area (Å²) in [6, 6.07) is 44.2. The Morgan fingerprint density at radius 3 is 1.11 bits per heavy atom. The molecule has 0 amide bonds. The van der Waals surface area contributed by atoms with Gasteiger partial charge < -0.3 is 16.3 Å². The van der Waals surface area contributed by atoms with Crippen LogP contribution in [0.25, 0.3) is 0 Å². The Hall–Kier alpha value is -1.65. The van der Waals surface area contributed by atoms with Crippen LogP contribution in [0.1, 0.15) is 6.92 Å². The normalized spacial score (nSPS) is 10.0. The molecule has 0 unspecified atom stereocenters. The van der Waals surface area contributed by atoms with Gasteiger partial charge in [-0.05, 0) is 56.3 Å². The summed E-state index contributed by atoms with van der Waals surface area (Å²) < 4.78 is 4.36. The van der Waals surface area contributed by atoms with Gasteiger partial charge in [0.15, 0.2) is 5.97 Å². The predicted molar refractivity (Wildman–Crippen MR) is 161 cm³/mol. The van der Waals surface area contributed by atoms with Gasteiger partial charge in [-0.2, -0.15) is 0 Å². The molecule has 196 valence electrons. The number of hydrogen-bond donors (Lipinski definition) is 0. The molecule has 4 aromatic rings. The van der Waals surface area contributed by atoms with Crippen molar-refractivity contribution in [2.75, 3.05) is 18.9 Å². The molecule has 0 radical (unpaired) electrons. The minimum absolute atomic E-state index is 0.348. The van der Waals surface area contributed by atoms with Crippen LogP contribution < -0.4 is 21.2 Å². The summed E-state index contributed by atoms with van der Waals surface area (Å²) in [6.07, 6.45) is 2.41. The second-order valence-corrected chi connectivity index (χ2v) is 12.4. The van der Waals surface area contributed by atoms with Crippen LogP contribution in [0, 0.1) is 5.88 Å². The zero-order valence-electron chi connectivity index (χ0n) is 20.5. The number of carbonyl (C=O) groups excluding carboxylic acids is 1. The summed E-state index contributed by atoms with van der Waals surface area (Å²) in [6.45, 7) is 2.10. The van der Waals surface area contributed by atoms with E-state index < -0.39 is 5.97 Å². The van der Waals surface area contributed by atoms with E-state index in [1.54, 1.807) is 25.7 Å². The van der Waals surface area contributed by atoms with E-state index in [0.29, 0.717) is 6.61 Å². The SMILES string of the molecule is CCOC(=O)[CH-]Cl.[Cl][Pt+].c1ccc(P(CCP(c2ccccc2)c2ccccc2)c2ccccc2)cc1. The fraction of sp³-hybridized carbons (Fsp3) is 0.133. The Balaban J connectivity index is 0.000000465. The van der Waals surface area contributed by atoms with E-state index in [1.807, 2.05) is 0 Å². The molecule has 0 heterocycles. The average molecular weight is 751 g/mol. The first kappa shape index (κ1) is 31.6. The van der Waals surface area contributed by atoms with Crippen molar-refractivity contribution in [2.45, 2.75) is 6.92 Å². The van der Waals surface area contributed by atoms with E-state index >= 15 is 0 Å². The first-order chi connectivity index (χ1) is 18.2. The smallest absolute Gasteiger partial charge is 0.0195 e. The van der Waals surface area contributed by atoms with E-state index in [0.717, 1.165) is 5.88 Å². The molecule has 0 saturated heterocycles. The Labute approximate surface area is 244 Å². The van der Waals surface area contributed by atoms with Gasteiger partial charge in [0, 0.05) is 0 Å². The predicted octanol–water partition coefficient (Wildman–Crippen LogP) is 6.89. The van der Waals surface area contributed by atoms with Crippen LogP contribution in [0.4, 0.5) is 0 Å². The fourth-order valence-electron chi connectivity index (χ4n) is 3.62. The Morgan fingerprint density at radius 1 is 0.649 bits per heavy atom. The molecule has 0 bridgehead atoms. The minimum atomic E-state index is -0.482. The summed E-state index contributed by atoms with van der Waals surface area (Å²) in [5.74, 6) is 0.382. The quantitative estimate of drug-likeness (QED) is 0.106. The molecular formula is C30H30Cl2O2P2Pt. The average Bonchev–Trinajstić information content (AvgIpc) is 2.99. The molecular weight excluding hydrogens is 720 g/mol. The molecule has 7 heteroatoms. The molecule has 2 nitrogen and oxygen atoms in total. The Kier molecular flexibility index (Phi) is 16.6. The summed E-state index contributed by atoms with van der Waals surface area (Å²) >= 11 is 6.54. The number of carbonyl (C=O) groups is 1. The molecule has 0 N–H and O–H groups in total. The van der Waals surface area contributed by atoms with Crippen molar-refractivity contribution < 1.29 is 28.3 Å². The molecule has 4 aromatic carbocycles. The van der Waals surface area contributed by atoms with Crippen LogP contribution in [0.3, 0.4) is 0 Å². The van der Waals surface area contributed by atoms with Gasteiger partial charge in [0.2, 0.25) is 0 Å². The van der Waals surface area contributed by atoms with Crippen molar-refractivity contribution in [3.05, 3.63) is 127 Å². The van der Waals surface area contributed by atoms with Crippen LogP contribution >= 0.6 is 36.9 Å². The number of esters is 1. The number of ether oxygens (including phenoxy) is 1. The van der Waals surface area contributed by atoms with E-state index in [1.165, 1.54) is 33.5 Å². The van der Waals surface area contributed by atoms with Gasteiger partial charge in [-0.1, -0.05) is 121 Å². The number of halogens is 2. The van der Waals surface area contributed by atoms with Crippen LogP contribution in [-0.4, -0.2) is 24.9 Å². The van der Waals surface area contributed by atoms with Gasteiger partial charge in [0.1, 0.15) is 0 Å². The van der Waals surface area contributed by atoms with Gasteiger partial charge in [-0.3, -0.25) is 4.79 Å². The molecule has 0 aliphatic rings. The van der Waals surface area contributed by atoms with Gasteiger partial charge >= 0.3 is 28.2 Å². The third-order valence-electron chi connectivity index (χ3n) is 5.19. The fourth-order valence-corrected chi connectivity index (χ4v) is 9.04. The monoisotopic (exact) mass is 749 g/mol. The zero-order chi connectivity index (χ0) is 26.7.